The van der Waals surface area contributed by atoms with Crippen molar-refractivity contribution in [2.75, 3.05) is 11.9 Å². The predicted molar refractivity (Wildman–Crippen MR) is 56.6 cm³/mol. The Bertz CT molecular complexity index is 322. The smallest absolute Gasteiger partial charge is 0.319 e. The maximum atomic E-state index is 11.2. The maximum Gasteiger partial charge on any atom is 0.319 e. The van der Waals surface area contributed by atoms with Gasteiger partial charge in [0.2, 0.25) is 0 Å². The Morgan fingerprint density at radius 3 is 3.00 bits per heavy atom. The van der Waals surface area contributed by atoms with Gasteiger partial charge in [0.15, 0.2) is 0 Å². The fourth-order valence-electron chi connectivity index (χ4n) is 1.02. The number of nitrogens with zero attached hydrogens (tertiary/aromatic N) is 2. The number of aryl methyl sites for hydroxylation is 1. The summed E-state index contributed by atoms with van der Waals surface area (Å²) in [7, 11) is 0. The van der Waals surface area contributed by atoms with E-state index in [1.54, 1.807) is 24.0 Å². The molecule has 6 nitrogen and oxygen atoms in total. The maximum absolute atomic E-state index is 11.2. The van der Waals surface area contributed by atoms with Gasteiger partial charge in [-0.1, -0.05) is 0 Å². The van der Waals surface area contributed by atoms with Crippen LogP contribution >= 0.6 is 0 Å². The van der Waals surface area contributed by atoms with E-state index in [1.807, 2.05) is 6.92 Å². The van der Waals surface area contributed by atoms with Crippen LogP contribution in [-0.2, 0) is 6.54 Å². The Kier molecular flexibility index (Phi) is 4.11. The number of aromatic nitrogens is 2. The molecular formula is C9H16N4O2. The molecule has 6 heteroatoms. The molecule has 0 aromatic carbocycles. The van der Waals surface area contributed by atoms with Crippen molar-refractivity contribution < 1.29 is 9.90 Å². The molecule has 0 spiro atoms. The number of carbonyl (C=O) groups is 1. The summed E-state index contributed by atoms with van der Waals surface area (Å²) in [5.74, 6) is 0. The highest BCUT2D eigenvalue weighted by atomic mass is 16.3. The summed E-state index contributed by atoms with van der Waals surface area (Å²) in [6.45, 7) is 4.56. The third-order valence-corrected chi connectivity index (χ3v) is 1.77. The number of nitrogens with one attached hydrogen (secondary N) is 2. The van der Waals surface area contributed by atoms with Gasteiger partial charge in [-0.3, -0.25) is 4.68 Å². The van der Waals surface area contributed by atoms with Crippen molar-refractivity contribution in [3.63, 3.8) is 0 Å². The third-order valence-electron chi connectivity index (χ3n) is 1.77. The fraction of sp³-hybridized carbons (Fsp3) is 0.556. The third kappa shape index (κ3) is 3.99. The number of carbonyl (C=O) groups excluding carboxylic acids is 1. The molecule has 0 saturated carbocycles. The molecule has 1 rings (SSSR count). The summed E-state index contributed by atoms with van der Waals surface area (Å²) in [4.78, 5) is 11.2. The van der Waals surface area contributed by atoms with Crippen LogP contribution in [0.5, 0.6) is 0 Å². The van der Waals surface area contributed by atoms with Crippen molar-refractivity contribution in [3.05, 3.63) is 12.4 Å². The molecule has 0 aliphatic carbocycles. The van der Waals surface area contributed by atoms with E-state index in [-0.39, 0.29) is 12.6 Å². The SMILES string of the molecule is CCn1cc(NC(=O)NC[C@H](C)O)cn1. The van der Waals surface area contributed by atoms with E-state index in [4.69, 9.17) is 5.11 Å². The first-order valence-corrected chi connectivity index (χ1v) is 4.87. The molecule has 1 aromatic rings. The average molecular weight is 212 g/mol. The summed E-state index contributed by atoms with van der Waals surface area (Å²) >= 11 is 0. The van der Waals surface area contributed by atoms with E-state index in [9.17, 15) is 4.79 Å². The zero-order chi connectivity index (χ0) is 11.3. The number of anilines is 1. The van der Waals surface area contributed by atoms with Crippen LogP contribution in [0.1, 0.15) is 13.8 Å². The predicted octanol–water partition coefficient (Wildman–Crippen LogP) is 0.405. The molecule has 2 amide bonds. The number of urea groups is 1. The molecule has 3 N–H and O–H groups in total. The molecule has 1 atom stereocenters. The minimum atomic E-state index is -0.547. The normalized spacial score (nSPS) is 12.2. The second kappa shape index (κ2) is 5.35. The second-order valence-electron chi connectivity index (χ2n) is 3.27. The molecule has 84 valence electrons. The lowest BCUT2D eigenvalue weighted by Gasteiger charge is -2.07. The quantitative estimate of drug-likeness (QED) is 0.676. The first-order chi connectivity index (χ1) is 7.11. The Labute approximate surface area is 88.3 Å². The van der Waals surface area contributed by atoms with E-state index < -0.39 is 6.10 Å². The Morgan fingerprint density at radius 1 is 1.73 bits per heavy atom. The lowest BCUT2D eigenvalue weighted by atomic mass is 10.4. The molecule has 1 heterocycles. The van der Waals surface area contributed by atoms with Gasteiger partial charge in [0.25, 0.3) is 0 Å². The summed E-state index contributed by atoms with van der Waals surface area (Å²) < 4.78 is 1.71. The van der Waals surface area contributed by atoms with Crippen molar-refractivity contribution in [1.82, 2.24) is 15.1 Å². The fourth-order valence-corrected chi connectivity index (χ4v) is 1.02. The van der Waals surface area contributed by atoms with E-state index in [2.05, 4.69) is 15.7 Å². The molecule has 0 saturated heterocycles. The Hall–Kier alpha value is -1.56. The summed E-state index contributed by atoms with van der Waals surface area (Å²) in [5.41, 5.74) is 0.639. The van der Waals surface area contributed by atoms with Crippen LogP contribution in [0.15, 0.2) is 12.4 Å². The van der Waals surface area contributed by atoms with Gasteiger partial charge in [-0.05, 0) is 13.8 Å². The Balaban J connectivity index is 2.37. The van der Waals surface area contributed by atoms with Gasteiger partial charge in [0.05, 0.1) is 18.0 Å². The number of hydrogen-bond acceptors (Lipinski definition) is 3. The molecule has 0 aliphatic heterocycles. The summed E-state index contributed by atoms with van der Waals surface area (Å²) in [6, 6.07) is -0.341. The van der Waals surface area contributed by atoms with Crippen LogP contribution in [0.3, 0.4) is 0 Å². The van der Waals surface area contributed by atoms with Gasteiger partial charge in [0.1, 0.15) is 0 Å². The van der Waals surface area contributed by atoms with Gasteiger partial charge in [-0.2, -0.15) is 5.10 Å². The molecule has 0 bridgehead atoms. The van der Waals surface area contributed by atoms with Crippen LogP contribution in [0.25, 0.3) is 0 Å². The molecule has 1 aromatic heterocycles. The molecule has 0 fully saturated rings. The number of aliphatic hydroxyl groups excluding tert-OH is 1. The van der Waals surface area contributed by atoms with Crippen LogP contribution in [0.4, 0.5) is 10.5 Å². The Morgan fingerprint density at radius 2 is 2.47 bits per heavy atom. The highest BCUT2D eigenvalue weighted by Crippen LogP contribution is 2.03. The largest absolute Gasteiger partial charge is 0.392 e. The molecule has 0 unspecified atom stereocenters. The molecular weight excluding hydrogens is 196 g/mol. The first-order valence-electron chi connectivity index (χ1n) is 4.87. The highest BCUT2D eigenvalue weighted by Gasteiger charge is 2.04. The molecule has 0 aliphatic rings. The second-order valence-corrected chi connectivity index (χ2v) is 3.27. The average Bonchev–Trinajstić information content (AvgIpc) is 2.62. The lowest BCUT2D eigenvalue weighted by Crippen LogP contribution is -2.34. The standard InChI is InChI=1S/C9H16N4O2/c1-3-13-6-8(5-11-13)12-9(15)10-4-7(2)14/h5-7,14H,3-4H2,1-2H3,(H2,10,12,15)/t7-/m0/s1. The summed E-state index contributed by atoms with van der Waals surface area (Å²) in [6.07, 6.45) is 2.77. The number of amides is 2. The van der Waals surface area contributed by atoms with Crippen LogP contribution < -0.4 is 10.6 Å². The van der Waals surface area contributed by atoms with Crippen molar-refractivity contribution in [2.24, 2.45) is 0 Å². The molecule has 15 heavy (non-hydrogen) atoms. The topological polar surface area (TPSA) is 79.2 Å². The minimum Gasteiger partial charge on any atom is -0.392 e. The van der Waals surface area contributed by atoms with Crippen molar-refractivity contribution in [3.8, 4) is 0 Å². The van der Waals surface area contributed by atoms with E-state index >= 15 is 0 Å². The van der Waals surface area contributed by atoms with E-state index in [1.165, 1.54) is 0 Å². The first kappa shape index (κ1) is 11.5. The van der Waals surface area contributed by atoms with Gasteiger partial charge >= 0.3 is 6.03 Å². The van der Waals surface area contributed by atoms with Gasteiger partial charge in [0, 0.05) is 19.3 Å². The van der Waals surface area contributed by atoms with Gasteiger partial charge in [-0.25, -0.2) is 4.79 Å². The van der Waals surface area contributed by atoms with Crippen LogP contribution in [0, 0.1) is 0 Å². The van der Waals surface area contributed by atoms with E-state index in [0.29, 0.717) is 5.69 Å². The zero-order valence-electron chi connectivity index (χ0n) is 8.90. The van der Waals surface area contributed by atoms with Crippen LogP contribution in [-0.4, -0.2) is 33.6 Å². The van der Waals surface area contributed by atoms with E-state index in [0.717, 1.165) is 6.54 Å². The lowest BCUT2D eigenvalue weighted by molar-refractivity contribution is 0.190. The van der Waals surface area contributed by atoms with Gasteiger partial charge in [-0.15, -0.1) is 0 Å². The van der Waals surface area contributed by atoms with Crippen molar-refractivity contribution >= 4 is 11.7 Å². The number of aliphatic hydroxyl groups is 1. The molecule has 0 radical (unpaired) electrons. The zero-order valence-corrected chi connectivity index (χ0v) is 8.90. The van der Waals surface area contributed by atoms with Gasteiger partial charge < -0.3 is 15.7 Å². The number of rotatable bonds is 4. The minimum absolute atomic E-state index is 0.230. The van der Waals surface area contributed by atoms with Crippen LogP contribution in [0.2, 0.25) is 0 Å². The highest BCUT2D eigenvalue weighted by molar-refractivity contribution is 5.88. The monoisotopic (exact) mass is 212 g/mol. The van der Waals surface area contributed by atoms with Crippen molar-refractivity contribution in [2.45, 2.75) is 26.5 Å². The van der Waals surface area contributed by atoms with Crippen molar-refractivity contribution in [1.29, 1.82) is 0 Å². The number of hydrogen-bond donors (Lipinski definition) is 3. The summed E-state index contributed by atoms with van der Waals surface area (Å²) in [5, 5.41) is 18.1.